The SMILES string of the molecule is Cc1cc(-c2cccs2)nn1CCNC(=O)Nc1ccc(F)cc1. The molecule has 0 aliphatic heterocycles. The van der Waals surface area contributed by atoms with E-state index in [1.807, 2.05) is 35.2 Å². The van der Waals surface area contributed by atoms with Crippen LogP contribution in [0, 0.1) is 12.7 Å². The van der Waals surface area contributed by atoms with Crippen molar-refractivity contribution in [2.75, 3.05) is 11.9 Å². The Balaban J connectivity index is 1.51. The minimum absolute atomic E-state index is 0.329. The highest BCUT2D eigenvalue weighted by Crippen LogP contribution is 2.23. The monoisotopic (exact) mass is 344 g/mol. The van der Waals surface area contributed by atoms with E-state index in [2.05, 4.69) is 15.7 Å². The fourth-order valence-corrected chi connectivity index (χ4v) is 2.95. The minimum Gasteiger partial charge on any atom is -0.336 e. The zero-order valence-electron chi connectivity index (χ0n) is 13.1. The van der Waals surface area contributed by atoms with Crippen LogP contribution in [0.2, 0.25) is 0 Å². The Morgan fingerprint density at radius 1 is 1.29 bits per heavy atom. The van der Waals surface area contributed by atoms with Gasteiger partial charge in [-0.1, -0.05) is 6.07 Å². The Morgan fingerprint density at radius 2 is 2.08 bits per heavy atom. The quantitative estimate of drug-likeness (QED) is 0.738. The number of hydrogen-bond acceptors (Lipinski definition) is 3. The van der Waals surface area contributed by atoms with Crippen molar-refractivity contribution in [3.05, 3.63) is 59.4 Å². The summed E-state index contributed by atoms with van der Waals surface area (Å²) in [6.45, 7) is 3.01. The summed E-state index contributed by atoms with van der Waals surface area (Å²) in [7, 11) is 0. The number of carbonyl (C=O) groups excluding carboxylic acids is 1. The number of aryl methyl sites for hydroxylation is 1. The predicted octanol–water partition coefficient (Wildman–Crippen LogP) is 3.88. The molecule has 0 fully saturated rings. The first-order valence-electron chi connectivity index (χ1n) is 7.50. The van der Waals surface area contributed by atoms with Crippen molar-refractivity contribution in [2.45, 2.75) is 13.5 Å². The van der Waals surface area contributed by atoms with Gasteiger partial charge in [-0.3, -0.25) is 4.68 Å². The van der Waals surface area contributed by atoms with Crippen LogP contribution in [-0.4, -0.2) is 22.4 Å². The van der Waals surface area contributed by atoms with E-state index in [1.54, 1.807) is 11.3 Å². The molecule has 0 atom stereocenters. The number of aromatic nitrogens is 2. The molecule has 0 radical (unpaired) electrons. The number of hydrogen-bond donors (Lipinski definition) is 2. The van der Waals surface area contributed by atoms with Crippen LogP contribution >= 0.6 is 11.3 Å². The number of halogens is 1. The predicted molar refractivity (Wildman–Crippen MR) is 93.7 cm³/mol. The van der Waals surface area contributed by atoms with Crippen molar-refractivity contribution in [3.63, 3.8) is 0 Å². The molecule has 2 N–H and O–H groups in total. The number of amides is 2. The van der Waals surface area contributed by atoms with Gasteiger partial charge < -0.3 is 10.6 Å². The Bertz CT molecular complexity index is 812. The van der Waals surface area contributed by atoms with Crippen LogP contribution in [0.25, 0.3) is 10.6 Å². The lowest BCUT2D eigenvalue weighted by Gasteiger charge is -2.08. The van der Waals surface area contributed by atoms with Crippen LogP contribution < -0.4 is 10.6 Å². The van der Waals surface area contributed by atoms with Crippen LogP contribution in [0.3, 0.4) is 0 Å². The van der Waals surface area contributed by atoms with E-state index >= 15 is 0 Å². The normalized spacial score (nSPS) is 10.6. The number of urea groups is 1. The van der Waals surface area contributed by atoms with E-state index in [0.29, 0.717) is 18.8 Å². The second-order valence-corrected chi connectivity index (χ2v) is 6.21. The number of nitrogens with zero attached hydrogens (tertiary/aromatic N) is 2. The van der Waals surface area contributed by atoms with E-state index in [4.69, 9.17) is 0 Å². The van der Waals surface area contributed by atoms with E-state index in [1.165, 1.54) is 24.3 Å². The molecule has 0 saturated heterocycles. The van der Waals surface area contributed by atoms with Crippen molar-refractivity contribution < 1.29 is 9.18 Å². The first kappa shape index (κ1) is 16.2. The Kier molecular flexibility index (Phi) is 4.90. The van der Waals surface area contributed by atoms with Crippen LogP contribution in [0.4, 0.5) is 14.9 Å². The summed E-state index contributed by atoms with van der Waals surface area (Å²) < 4.78 is 14.7. The van der Waals surface area contributed by atoms with Crippen molar-refractivity contribution in [3.8, 4) is 10.6 Å². The lowest BCUT2D eigenvalue weighted by Crippen LogP contribution is -2.31. The zero-order chi connectivity index (χ0) is 16.9. The average molecular weight is 344 g/mol. The minimum atomic E-state index is -0.336. The summed E-state index contributed by atoms with van der Waals surface area (Å²) in [4.78, 5) is 12.9. The molecule has 5 nitrogen and oxygen atoms in total. The summed E-state index contributed by atoms with van der Waals surface area (Å²) in [5.74, 6) is -0.336. The Hall–Kier alpha value is -2.67. The van der Waals surface area contributed by atoms with Gasteiger partial charge in [0.25, 0.3) is 0 Å². The van der Waals surface area contributed by atoms with Gasteiger partial charge in [-0.05, 0) is 48.7 Å². The molecular formula is C17H17FN4OS. The maximum atomic E-state index is 12.8. The first-order chi connectivity index (χ1) is 11.6. The van der Waals surface area contributed by atoms with Gasteiger partial charge in [-0.15, -0.1) is 11.3 Å². The van der Waals surface area contributed by atoms with Gasteiger partial charge in [0.2, 0.25) is 0 Å². The summed E-state index contributed by atoms with van der Waals surface area (Å²) in [5.41, 5.74) is 2.53. The molecule has 3 rings (SSSR count). The molecule has 0 aliphatic carbocycles. The van der Waals surface area contributed by atoms with E-state index in [9.17, 15) is 9.18 Å². The van der Waals surface area contributed by atoms with Gasteiger partial charge in [-0.2, -0.15) is 5.10 Å². The molecule has 0 unspecified atom stereocenters. The third kappa shape index (κ3) is 3.99. The van der Waals surface area contributed by atoms with Gasteiger partial charge in [0, 0.05) is 17.9 Å². The maximum absolute atomic E-state index is 12.8. The molecule has 0 saturated carbocycles. The molecule has 24 heavy (non-hydrogen) atoms. The summed E-state index contributed by atoms with van der Waals surface area (Å²) in [6.07, 6.45) is 0. The van der Waals surface area contributed by atoms with Crippen molar-refractivity contribution in [2.24, 2.45) is 0 Å². The molecule has 0 spiro atoms. The number of benzene rings is 1. The number of anilines is 1. The standard InChI is InChI=1S/C17H17FN4OS/c1-12-11-15(16-3-2-10-24-16)21-22(12)9-8-19-17(23)20-14-6-4-13(18)5-7-14/h2-7,10-11H,8-9H2,1H3,(H2,19,20,23). The Morgan fingerprint density at radius 3 is 2.79 bits per heavy atom. The number of carbonyl (C=O) groups is 1. The molecule has 0 aliphatic rings. The van der Waals surface area contributed by atoms with Crippen molar-refractivity contribution in [1.29, 1.82) is 0 Å². The number of thiophene rings is 1. The van der Waals surface area contributed by atoms with Gasteiger partial charge in [0.1, 0.15) is 11.5 Å². The van der Waals surface area contributed by atoms with Gasteiger partial charge in [0.15, 0.2) is 0 Å². The van der Waals surface area contributed by atoms with Crippen LogP contribution in [-0.2, 0) is 6.54 Å². The number of rotatable bonds is 5. The highest BCUT2D eigenvalue weighted by atomic mass is 32.1. The fraction of sp³-hybridized carbons (Fsp3) is 0.176. The highest BCUT2D eigenvalue weighted by molar-refractivity contribution is 7.13. The molecular weight excluding hydrogens is 327 g/mol. The molecule has 2 aromatic heterocycles. The van der Waals surface area contributed by atoms with E-state index in [0.717, 1.165) is 16.3 Å². The molecule has 3 aromatic rings. The van der Waals surface area contributed by atoms with Crippen LogP contribution in [0.1, 0.15) is 5.69 Å². The van der Waals surface area contributed by atoms with Gasteiger partial charge in [0.05, 0.1) is 11.4 Å². The van der Waals surface area contributed by atoms with Crippen molar-refractivity contribution in [1.82, 2.24) is 15.1 Å². The molecule has 7 heteroatoms. The first-order valence-corrected chi connectivity index (χ1v) is 8.38. The second kappa shape index (κ2) is 7.27. The molecule has 124 valence electrons. The third-order valence-electron chi connectivity index (χ3n) is 3.47. The molecule has 2 heterocycles. The van der Waals surface area contributed by atoms with Crippen LogP contribution in [0.5, 0.6) is 0 Å². The fourth-order valence-electron chi connectivity index (χ4n) is 2.27. The molecule has 2 amide bonds. The lowest BCUT2D eigenvalue weighted by atomic mass is 10.3. The third-order valence-corrected chi connectivity index (χ3v) is 4.36. The summed E-state index contributed by atoms with van der Waals surface area (Å²) in [5, 5.41) is 12.0. The Labute approximate surface area is 143 Å². The lowest BCUT2D eigenvalue weighted by molar-refractivity contribution is 0.251. The molecule has 1 aromatic carbocycles. The number of nitrogens with one attached hydrogen (secondary N) is 2. The smallest absolute Gasteiger partial charge is 0.319 e. The van der Waals surface area contributed by atoms with E-state index in [-0.39, 0.29) is 11.8 Å². The zero-order valence-corrected chi connectivity index (χ0v) is 13.9. The average Bonchev–Trinajstić information content (AvgIpc) is 3.20. The highest BCUT2D eigenvalue weighted by Gasteiger charge is 2.08. The summed E-state index contributed by atoms with van der Waals surface area (Å²) >= 11 is 1.65. The largest absolute Gasteiger partial charge is 0.336 e. The van der Waals surface area contributed by atoms with Gasteiger partial charge in [-0.25, -0.2) is 9.18 Å². The summed E-state index contributed by atoms with van der Waals surface area (Å²) in [6, 6.07) is 11.4. The topological polar surface area (TPSA) is 59.0 Å². The maximum Gasteiger partial charge on any atom is 0.319 e. The van der Waals surface area contributed by atoms with E-state index < -0.39 is 0 Å². The molecule has 0 bridgehead atoms. The van der Waals surface area contributed by atoms with Crippen LogP contribution in [0.15, 0.2) is 47.8 Å². The second-order valence-electron chi connectivity index (χ2n) is 5.26. The van der Waals surface area contributed by atoms with Gasteiger partial charge >= 0.3 is 6.03 Å². The van der Waals surface area contributed by atoms with Crippen molar-refractivity contribution >= 4 is 23.1 Å².